The molecule has 0 unspecified atom stereocenters. The van der Waals surface area contributed by atoms with Crippen LogP contribution in [0.5, 0.6) is 0 Å². The highest BCUT2D eigenvalue weighted by molar-refractivity contribution is 5.95. The van der Waals surface area contributed by atoms with E-state index in [1.54, 1.807) is 24.5 Å². The van der Waals surface area contributed by atoms with Gasteiger partial charge < -0.3 is 9.47 Å². The number of cyclic esters (lactones) is 1. The summed E-state index contributed by atoms with van der Waals surface area (Å²) in [4.78, 5) is 30.1. The molecule has 0 N–H and O–H groups in total. The van der Waals surface area contributed by atoms with Crippen LogP contribution in [0.4, 0.5) is 4.79 Å². The molecule has 1 aliphatic rings. The van der Waals surface area contributed by atoms with E-state index in [9.17, 15) is 9.59 Å². The van der Waals surface area contributed by atoms with Crippen LogP contribution >= 0.6 is 0 Å². The Morgan fingerprint density at radius 3 is 2.81 bits per heavy atom. The van der Waals surface area contributed by atoms with Crippen molar-refractivity contribution in [3.8, 4) is 0 Å². The van der Waals surface area contributed by atoms with Crippen molar-refractivity contribution in [3.63, 3.8) is 0 Å². The van der Waals surface area contributed by atoms with Crippen molar-refractivity contribution in [2.45, 2.75) is 6.04 Å². The number of rotatable bonds is 6. The first-order chi connectivity index (χ1) is 12.7. The molecule has 26 heavy (non-hydrogen) atoms. The van der Waals surface area contributed by atoms with Gasteiger partial charge in [-0.25, -0.2) is 9.59 Å². The van der Waals surface area contributed by atoms with Gasteiger partial charge in [0, 0.05) is 24.0 Å². The molecule has 1 saturated heterocycles. The fraction of sp³-hybridized carbons (Fsp3) is 0.150. The van der Waals surface area contributed by atoms with Crippen molar-refractivity contribution in [2.75, 3.05) is 13.2 Å². The van der Waals surface area contributed by atoms with Gasteiger partial charge in [-0.15, -0.1) is 0 Å². The maximum Gasteiger partial charge on any atom is 0.415 e. The Hall–Kier alpha value is -3.41. The zero-order valence-electron chi connectivity index (χ0n) is 14.1. The predicted octanol–water partition coefficient (Wildman–Crippen LogP) is 3.35. The van der Waals surface area contributed by atoms with Gasteiger partial charge in [0.05, 0.1) is 11.7 Å². The Kier molecular flexibility index (Phi) is 5.43. The maximum absolute atomic E-state index is 12.4. The number of amides is 1. The average Bonchev–Trinajstić information content (AvgIpc) is 3.07. The van der Waals surface area contributed by atoms with Crippen LogP contribution in [0.3, 0.4) is 0 Å². The van der Waals surface area contributed by atoms with Crippen LogP contribution in [0.1, 0.15) is 17.2 Å². The Morgan fingerprint density at radius 1 is 1.31 bits per heavy atom. The molecule has 6 nitrogen and oxygen atoms in total. The van der Waals surface area contributed by atoms with Crippen molar-refractivity contribution in [3.05, 3.63) is 84.7 Å². The first-order valence-corrected chi connectivity index (χ1v) is 8.11. The van der Waals surface area contributed by atoms with Gasteiger partial charge in [-0.2, -0.15) is 0 Å². The third-order valence-corrected chi connectivity index (χ3v) is 3.87. The molecule has 132 valence electrons. The summed E-state index contributed by atoms with van der Waals surface area (Å²) < 4.78 is 10.3. The molecule has 1 aromatic carbocycles. The molecule has 1 fully saturated rings. The highest BCUT2D eigenvalue weighted by Crippen LogP contribution is 2.35. The summed E-state index contributed by atoms with van der Waals surface area (Å²) in [6, 6.07) is 12.7. The lowest BCUT2D eigenvalue weighted by Gasteiger charge is -2.24. The van der Waals surface area contributed by atoms with E-state index in [-0.39, 0.29) is 19.3 Å². The Morgan fingerprint density at radius 2 is 2.12 bits per heavy atom. The maximum atomic E-state index is 12.4. The van der Waals surface area contributed by atoms with Gasteiger partial charge in [0.1, 0.15) is 13.2 Å². The molecule has 0 aliphatic carbocycles. The minimum atomic E-state index is -0.574. The highest BCUT2D eigenvalue weighted by atomic mass is 16.6. The second kappa shape index (κ2) is 8.11. The van der Waals surface area contributed by atoms with E-state index < -0.39 is 12.1 Å². The zero-order chi connectivity index (χ0) is 18.4. The van der Waals surface area contributed by atoms with E-state index in [2.05, 4.69) is 11.6 Å². The minimum Gasteiger partial charge on any atom is -0.458 e. The Labute approximate surface area is 151 Å². The number of pyridine rings is 1. The van der Waals surface area contributed by atoms with Gasteiger partial charge in [-0.05, 0) is 17.7 Å². The van der Waals surface area contributed by atoms with Crippen molar-refractivity contribution < 1.29 is 19.1 Å². The van der Waals surface area contributed by atoms with E-state index in [4.69, 9.17) is 9.47 Å². The largest absolute Gasteiger partial charge is 0.458 e. The van der Waals surface area contributed by atoms with Gasteiger partial charge in [0.15, 0.2) is 0 Å². The molecule has 3 rings (SSSR count). The summed E-state index contributed by atoms with van der Waals surface area (Å²) in [7, 11) is 0. The third-order valence-electron chi connectivity index (χ3n) is 3.87. The van der Waals surface area contributed by atoms with Crippen molar-refractivity contribution >= 4 is 17.8 Å². The number of esters is 1. The summed E-state index contributed by atoms with van der Waals surface area (Å²) >= 11 is 0. The van der Waals surface area contributed by atoms with Gasteiger partial charge >= 0.3 is 12.1 Å². The fourth-order valence-corrected chi connectivity index (χ4v) is 2.71. The summed E-state index contributed by atoms with van der Waals surface area (Å²) in [5.41, 5.74) is 1.90. The first kappa shape index (κ1) is 17.4. The van der Waals surface area contributed by atoms with Gasteiger partial charge in [-0.1, -0.05) is 43.0 Å². The second-order valence-corrected chi connectivity index (χ2v) is 5.56. The molecular weight excluding hydrogens is 332 g/mol. The fourth-order valence-electron chi connectivity index (χ4n) is 2.71. The van der Waals surface area contributed by atoms with Gasteiger partial charge in [-0.3, -0.25) is 9.88 Å². The second-order valence-electron chi connectivity index (χ2n) is 5.56. The van der Waals surface area contributed by atoms with Crippen LogP contribution in [-0.4, -0.2) is 35.2 Å². The molecule has 1 atom stereocenters. The van der Waals surface area contributed by atoms with E-state index in [0.29, 0.717) is 11.3 Å². The molecule has 0 radical (unpaired) electrons. The van der Waals surface area contributed by atoms with Crippen LogP contribution in [0.25, 0.3) is 5.70 Å². The predicted molar refractivity (Wildman–Crippen MR) is 95.7 cm³/mol. The molecule has 0 spiro atoms. The van der Waals surface area contributed by atoms with Crippen molar-refractivity contribution in [2.24, 2.45) is 0 Å². The highest BCUT2D eigenvalue weighted by Gasteiger charge is 2.37. The lowest BCUT2D eigenvalue weighted by Crippen LogP contribution is -2.27. The number of carbonyl (C=O) groups is 2. The normalized spacial score (nSPS) is 16.9. The lowest BCUT2D eigenvalue weighted by molar-refractivity contribution is -0.136. The number of aromatic nitrogens is 1. The SMILES string of the molecule is C=CCOC(=O)C=C(c1cccnc1)N1C(=O)OC[C@H]1c1ccccc1. The van der Waals surface area contributed by atoms with Crippen LogP contribution in [0, 0.1) is 0 Å². The standard InChI is InChI=1S/C20H18N2O4/c1-2-11-25-19(23)12-17(16-9-6-10-21-13-16)22-18(14-26-20(22)24)15-7-4-3-5-8-15/h2-10,12-13,18H,1,11,14H2/t18-/m0/s1. The van der Waals surface area contributed by atoms with Crippen LogP contribution < -0.4 is 0 Å². The number of benzene rings is 1. The van der Waals surface area contributed by atoms with E-state index >= 15 is 0 Å². The Balaban J connectivity index is 2.02. The molecule has 2 heterocycles. The summed E-state index contributed by atoms with van der Waals surface area (Å²) in [6.45, 7) is 3.80. The molecule has 6 heteroatoms. The molecular formula is C20H18N2O4. The smallest absolute Gasteiger partial charge is 0.415 e. The Bertz CT molecular complexity index is 818. The quantitative estimate of drug-likeness (QED) is 0.454. The lowest BCUT2D eigenvalue weighted by atomic mass is 10.0. The van der Waals surface area contributed by atoms with Crippen molar-refractivity contribution in [1.82, 2.24) is 9.88 Å². The molecule has 0 bridgehead atoms. The zero-order valence-corrected chi connectivity index (χ0v) is 14.1. The van der Waals surface area contributed by atoms with E-state index in [1.807, 2.05) is 30.3 Å². The van der Waals surface area contributed by atoms with Crippen LogP contribution in [0.15, 0.2) is 73.6 Å². The summed E-state index contributed by atoms with van der Waals surface area (Å²) in [6.07, 6.45) is 5.44. The van der Waals surface area contributed by atoms with E-state index in [1.165, 1.54) is 17.1 Å². The van der Waals surface area contributed by atoms with Gasteiger partial charge in [0.25, 0.3) is 0 Å². The monoisotopic (exact) mass is 350 g/mol. The third kappa shape index (κ3) is 3.80. The number of nitrogens with zero attached hydrogens (tertiary/aromatic N) is 2. The number of ether oxygens (including phenoxy) is 2. The number of hydrogen-bond acceptors (Lipinski definition) is 5. The van der Waals surface area contributed by atoms with Crippen LogP contribution in [0.2, 0.25) is 0 Å². The molecule has 2 aromatic rings. The minimum absolute atomic E-state index is 0.0855. The average molecular weight is 350 g/mol. The summed E-state index contributed by atoms with van der Waals surface area (Å²) in [5, 5.41) is 0. The molecule has 1 aromatic heterocycles. The van der Waals surface area contributed by atoms with E-state index in [0.717, 1.165) is 5.56 Å². The van der Waals surface area contributed by atoms with Crippen molar-refractivity contribution in [1.29, 1.82) is 0 Å². The molecule has 1 aliphatic heterocycles. The number of carbonyl (C=O) groups excluding carboxylic acids is 2. The number of hydrogen-bond donors (Lipinski definition) is 0. The van der Waals surface area contributed by atoms with Crippen LogP contribution in [-0.2, 0) is 14.3 Å². The summed E-state index contributed by atoms with van der Waals surface area (Å²) in [5.74, 6) is -0.574. The molecule has 1 amide bonds. The molecule has 0 saturated carbocycles. The first-order valence-electron chi connectivity index (χ1n) is 8.11. The van der Waals surface area contributed by atoms with Gasteiger partial charge in [0.2, 0.25) is 0 Å². The topological polar surface area (TPSA) is 68.7 Å².